The molecule has 0 saturated heterocycles. The van der Waals surface area contributed by atoms with E-state index in [9.17, 15) is 0 Å². The fraction of sp³-hybridized carbons (Fsp3) is 0.609. The Bertz CT molecular complexity index is 836. The summed E-state index contributed by atoms with van der Waals surface area (Å²) in [7, 11) is 3.89. The van der Waals surface area contributed by atoms with Crippen molar-refractivity contribution in [2.75, 3.05) is 33.5 Å². The first-order valence-electron chi connectivity index (χ1n) is 11.3. The Labute approximate surface area is 213 Å². The summed E-state index contributed by atoms with van der Waals surface area (Å²) in [6.07, 6.45) is 9.14. The van der Waals surface area contributed by atoms with Gasteiger partial charge >= 0.3 is 0 Å². The molecule has 7 nitrogen and oxygen atoms in total. The van der Waals surface area contributed by atoms with E-state index in [0.29, 0.717) is 12.6 Å². The van der Waals surface area contributed by atoms with Crippen molar-refractivity contribution in [1.29, 1.82) is 0 Å². The summed E-state index contributed by atoms with van der Waals surface area (Å²) in [5.41, 5.74) is 1.23. The molecule has 0 radical (unpaired) electrons. The van der Waals surface area contributed by atoms with Crippen molar-refractivity contribution >= 4 is 41.7 Å². The van der Waals surface area contributed by atoms with E-state index in [1.54, 1.807) is 11.8 Å². The van der Waals surface area contributed by atoms with Gasteiger partial charge in [0, 0.05) is 39.6 Å². The van der Waals surface area contributed by atoms with Crippen LogP contribution < -0.4 is 10.1 Å². The average molecular weight is 573 g/mol. The van der Waals surface area contributed by atoms with Crippen molar-refractivity contribution in [3.05, 3.63) is 35.7 Å². The van der Waals surface area contributed by atoms with Crippen molar-refractivity contribution in [1.82, 2.24) is 25.0 Å². The third-order valence-electron chi connectivity index (χ3n) is 5.70. The zero-order valence-electron chi connectivity index (χ0n) is 19.7. The molecule has 1 aliphatic carbocycles. The molecule has 1 aliphatic rings. The number of aromatic nitrogens is 3. The summed E-state index contributed by atoms with van der Waals surface area (Å²) in [5, 5.41) is 13.5. The fourth-order valence-electron chi connectivity index (χ4n) is 4.18. The molecule has 1 heterocycles. The van der Waals surface area contributed by atoms with Gasteiger partial charge in [0.1, 0.15) is 11.6 Å². The molecule has 0 spiro atoms. The number of rotatable bonds is 10. The highest BCUT2D eigenvalue weighted by Gasteiger charge is 2.23. The van der Waals surface area contributed by atoms with E-state index >= 15 is 0 Å². The van der Waals surface area contributed by atoms with Crippen LogP contribution in [0.15, 0.2) is 34.4 Å². The Hall–Kier alpha value is -1.49. The Morgan fingerprint density at radius 3 is 2.59 bits per heavy atom. The van der Waals surface area contributed by atoms with Gasteiger partial charge in [-0.05, 0) is 50.1 Å². The molecule has 1 N–H and O–H groups in total. The first kappa shape index (κ1) is 26.8. The SMILES string of the molecule is CCOc1ccc(CN(C)C(=NC)NCCCc2nnc(SC)n2C2CCCC2)cc1.I. The molecule has 178 valence electrons. The van der Waals surface area contributed by atoms with Gasteiger partial charge in [0.2, 0.25) is 0 Å². The van der Waals surface area contributed by atoms with Gasteiger partial charge < -0.3 is 19.5 Å². The predicted octanol–water partition coefficient (Wildman–Crippen LogP) is 4.77. The molecule has 1 fully saturated rings. The zero-order chi connectivity index (χ0) is 22.1. The standard InChI is InChI=1S/C23H36N6OS.HI/c1-5-30-20-14-12-18(13-15-20)17-28(3)22(24-2)25-16-8-11-21-26-27-23(31-4)29(21)19-9-6-7-10-19;/h12-15,19H,5-11,16-17H2,1-4H3,(H,24,25);1H. The summed E-state index contributed by atoms with van der Waals surface area (Å²) in [6, 6.07) is 8.83. The van der Waals surface area contributed by atoms with Crippen LogP contribution in [0, 0.1) is 0 Å². The molecule has 0 atom stereocenters. The number of nitrogens with one attached hydrogen (secondary N) is 1. The number of hydrogen-bond donors (Lipinski definition) is 1. The molecule has 2 aromatic rings. The van der Waals surface area contributed by atoms with E-state index in [4.69, 9.17) is 4.74 Å². The highest BCUT2D eigenvalue weighted by molar-refractivity contribution is 14.0. The lowest BCUT2D eigenvalue weighted by molar-refractivity contribution is 0.340. The van der Waals surface area contributed by atoms with Gasteiger partial charge in [-0.25, -0.2) is 0 Å². The average Bonchev–Trinajstić information content (AvgIpc) is 3.44. The van der Waals surface area contributed by atoms with Crippen molar-refractivity contribution in [3.63, 3.8) is 0 Å². The van der Waals surface area contributed by atoms with E-state index in [0.717, 1.165) is 48.6 Å². The quantitative estimate of drug-likeness (QED) is 0.146. The van der Waals surface area contributed by atoms with Crippen LogP contribution in [0.25, 0.3) is 0 Å². The Kier molecular flexibility index (Phi) is 11.6. The molecule has 1 aromatic carbocycles. The van der Waals surface area contributed by atoms with Crippen molar-refractivity contribution in [2.45, 2.75) is 63.2 Å². The summed E-state index contributed by atoms with van der Waals surface area (Å²) in [4.78, 5) is 6.59. The van der Waals surface area contributed by atoms with Gasteiger partial charge in [-0.3, -0.25) is 4.99 Å². The fourth-order valence-corrected chi connectivity index (χ4v) is 4.76. The number of guanidine groups is 1. The van der Waals surface area contributed by atoms with Gasteiger partial charge in [-0.2, -0.15) is 0 Å². The van der Waals surface area contributed by atoms with Crippen LogP contribution in [0.1, 0.15) is 56.5 Å². The molecule has 3 rings (SSSR count). The molecule has 0 aliphatic heterocycles. The number of nitrogens with zero attached hydrogens (tertiary/aromatic N) is 5. The molecule has 0 amide bonds. The second-order valence-corrected chi connectivity index (χ2v) is 8.70. The molecular weight excluding hydrogens is 535 g/mol. The van der Waals surface area contributed by atoms with Crippen LogP contribution in [0.4, 0.5) is 0 Å². The maximum atomic E-state index is 5.52. The first-order valence-corrected chi connectivity index (χ1v) is 12.5. The van der Waals surface area contributed by atoms with Gasteiger partial charge in [0.25, 0.3) is 0 Å². The second kappa shape index (κ2) is 13.9. The van der Waals surface area contributed by atoms with Crippen molar-refractivity contribution < 1.29 is 4.74 Å². The largest absolute Gasteiger partial charge is 0.494 e. The molecule has 32 heavy (non-hydrogen) atoms. The summed E-state index contributed by atoms with van der Waals surface area (Å²) in [5.74, 6) is 2.93. The third kappa shape index (κ3) is 7.26. The number of ether oxygens (including phenoxy) is 1. The minimum Gasteiger partial charge on any atom is -0.494 e. The van der Waals surface area contributed by atoms with E-state index < -0.39 is 0 Å². The van der Waals surface area contributed by atoms with E-state index in [2.05, 4.69) is 55.4 Å². The molecule has 1 aromatic heterocycles. The molecule has 9 heteroatoms. The number of aryl methyl sites for hydroxylation is 1. The molecule has 0 unspecified atom stereocenters. The topological polar surface area (TPSA) is 67.6 Å². The lowest BCUT2D eigenvalue weighted by Gasteiger charge is -2.22. The number of benzene rings is 1. The Morgan fingerprint density at radius 1 is 1.25 bits per heavy atom. The highest BCUT2D eigenvalue weighted by Crippen LogP contribution is 2.33. The Morgan fingerprint density at radius 2 is 1.97 bits per heavy atom. The monoisotopic (exact) mass is 572 g/mol. The molecule has 1 saturated carbocycles. The van der Waals surface area contributed by atoms with Gasteiger partial charge in [-0.15, -0.1) is 34.2 Å². The lowest BCUT2D eigenvalue weighted by atomic mass is 10.2. The predicted molar refractivity (Wildman–Crippen MR) is 143 cm³/mol. The van der Waals surface area contributed by atoms with Crippen LogP contribution in [0.3, 0.4) is 0 Å². The smallest absolute Gasteiger partial charge is 0.193 e. The van der Waals surface area contributed by atoms with Gasteiger partial charge in [-0.1, -0.05) is 36.7 Å². The van der Waals surface area contributed by atoms with Gasteiger partial charge in [0.15, 0.2) is 11.1 Å². The highest BCUT2D eigenvalue weighted by atomic mass is 127. The molecule has 0 bridgehead atoms. The number of thioether (sulfide) groups is 1. The zero-order valence-corrected chi connectivity index (χ0v) is 22.9. The minimum absolute atomic E-state index is 0. The van der Waals surface area contributed by atoms with Crippen LogP contribution in [-0.2, 0) is 13.0 Å². The Balaban J connectivity index is 0.00000363. The maximum absolute atomic E-state index is 5.52. The lowest BCUT2D eigenvalue weighted by Crippen LogP contribution is -2.39. The van der Waals surface area contributed by atoms with E-state index in [-0.39, 0.29) is 24.0 Å². The van der Waals surface area contributed by atoms with Crippen LogP contribution >= 0.6 is 35.7 Å². The third-order valence-corrected chi connectivity index (χ3v) is 6.34. The second-order valence-electron chi connectivity index (χ2n) is 7.92. The summed E-state index contributed by atoms with van der Waals surface area (Å²) >= 11 is 1.70. The summed E-state index contributed by atoms with van der Waals surface area (Å²) < 4.78 is 7.92. The minimum atomic E-state index is 0. The first-order chi connectivity index (χ1) is 15.2. The number of hydrogen-bond acceptors (Lipinski definition) is 5. The van der Waals surface area contributed by atoms with E-state index in [1.807, 2.05) is 26.1 Å². The van der Waals surface area contributed by atoms with Crippen molar-refractivity contribution in [2.24, 2.45) is 4.99 Å². The number of halogens is 1. The summed E-state index contributed by atoms with van der Waals surface area (Å²) in [6.45, 7) is 4.33. The van der Waals surface area contributed by atoms with Crippen LogP contribution in [0.5, 0.6) is 5.75 Å². The van der Waals surface area contributed by atoms with Crippen LogP contribution in [0.2, 0.25) is 0 Å². The number of aliphatic imine (C=N–C) groups is 1. The maximum Gasteiger partial charge on any atom is 0.193 e. The molecular formula is C23H37IN6OS. The normalized spacial score (nSPS) is 14.3. The van der Waals surface area contributed by atoms with Gasteiger partial charge in [0.05, 0.1) is 6.61 Å². The van der Waals surface area contributed by atoms with Crippen LogP contribution in [-0.4, -0.2) is 59.1 Å². The van der Waals surface area contributed by atoms with Crippen molar-refractivity contribution in [3.8, 4) is 5.75 Å². The van der Waals surface area contributed by atoms with E-state index in [1.165, 1.54) is 31.2 Å².